The van der Waals surface area contributed by atoms with Crippen LogP contribution in [0.2, 0.25) is 0 Å². The fourth-order valence-corrected chi connectivity index (χ4v) is 2.67. The highest BCUT2D eigenvalue weighted by atomic mass is 16.3. The van der Waals surface area contributed by atoms with Gasteiger partial charge in [-0.25, -0.2) is 5.84 Å². The van der Waals surface area contributed by atoms with Crippen molar-refractivity contribution >= 4 is 5.91 Å². The molecule has 2 rings (SSSR count). The number of hydrogen-bond donors (Lipinski definition) is 3. The number of aliphatic hydroxyl groups is 1. The summed E-state index contributed by atoms with van der Waals surface area (Å²) in [6.45, 7) is 1.91. The van der Waals surface area contributed by atoms with E-state index in [9.17, 15) is 9.90 Å². The van der Waals surface area contributed by atoms with E-state index >= 15 is 0 Å². The average molecular weight is 277 g/mol. The second kappa shape index (κ2) is 6.83. The molecule has 110 valence electrons. The summed E-state index contributed by atoms with van der Waals surface area (Å²) in [7, 11) is 2.10. The Morgan fingerprint density at radius 3 is 2.50 bits per heavy atom. The lowest BCUT2D eigenvalue weighted by atomic mass is 9.82. The zero-order chi connectivity index (χ0) is 14.5. The molecule has 0 heterocycles. The fourth-order valence-electron chi connectivity index (χ4n) is 2.67. The van der Waals surface area contributed by atoms with E-state index in [2.05, 4.69) is 17.4 Å². The lowest BCUT2D eigenvalue weighted by Gasteiger charge is -2.34. The van der Waals surface area contributed by atoms with Gasteiger partial charge in [-0.1, -0.05) is 24.3 Å². The molecule has 0 radical (unpaired) electrons. The van der Waals surface area contributed by atoms with Gasteiger partial charge >= 0.3 is 0 Å². The summed E-state index contributed by atoms with van der Waals surface area (Å²) < 4.78 is 0. The molecule has 1 aromatic carbocycles. The Balaban J connectivity index is 1.79. The van der Waals surface area contributed by atoms with Crippen molar-refractivity contribution < 1.29 is 9.90 Å². The number of carbonyl (C=O) groups is 1. The molecule has 0 bridgehead atoms. The molecule has 1 amide bonds. The molecule has 1 saturated carbocycles. The standard InChI is InChI=1S/C15H23N3O2/c1-18(10-13-6-14(19)7-13)9-12-4-2-11(3-5-12)8-15(20)17-16/h2-5,13-14,19H,6-10,16H2,1H3,(H,17,20). The summed E-state index contributed by atoms with van der Waals surface area (Å²) in [5.74, 6) is 5.51. The predicted octanol–water partition coefficient (Wildman–Crippen LogP) is 0.422. The molecule has 5 nitrogen and oxygen atoms in total. The number of amides is 1. The average Bonchev–Trinajstić information content (AvgIpc) is 2.39. The van der Waals surface area contributed by atoms with Crippen LogP contribution in [0.4, 0.5) is 0 Å². The lowest BCUT2D eigenvalue weighted by molar-refractivity contribution is -0.120. The van der Waals surface area contributed by atoms with Crippen molar-refractivity contribution in [3.63, 3.8) is 0 Å². The first-order valence-electron chi connectivity index (χ1n) is 7.00. The molecule has 0 unspecified atom stereocenters. The Kier molecular flexibility index (Phi) is 5.11. The number of carbonyl (C=O) groups excluding carboxylic acids is 1. The van der Waals surface area contributed by atoms with Gasteiger partial charge in [-0.15, -0.1) is 0 Å². The number of nitrogens with two attached hydrogens (primary N) is 1. The molecule has 1 aliphatic rings. The van der Waals surface area contributed by atoms with Crippen molar-refractivity contribution in [3.8, 4) is 0 Å². The number of nitrogens with zero attached hydrogens (tertiary/aromatic N) is 1. The van der Waals surface area contributed by atoms with Gasteiger partial charge in [0.15, 0.2) is 0 Å². The molecule has 0 atom stereocenters. The van der Waals surface area contributed by atoms with Crippen molar-refractivity contribution in [1.82, 2.24) is 10.3 Å². The first kappa shape index (κ1) is 15.0. The maximum atomic E-state index is 11.2. The molecule has 1 aliphatic carbocycles. The van der Waals surface area contributed by atoms with Crippen molar-refractivity contribution in [2.45, 2.75) is 31.9 Å². The van der Waals surface area contributed by atoms with E-state index in [0.29, 0.717) is 12.3 Å². The zero-order valence-corrected chi connectivity index (χ0v) is 11.9. The van der Waals surface area contributed by atoms with E-state index in [1.165, 1.54) is 5.56 Å². The molecule has 0 aliphatic heterocycles. The van der Waals surface area contributed by atoms with Gasteiger partial charge in [0.05, 0.1) is 12.5 Å². The Morgan fingerprint density at radius 1 is 1.35 bits per heavy atom. The summed E-state index contributed by atoms with van der Waals surface area (Å²) in [6.07, 6.45) is 2.09. The highest BCUT2D eigenvalue weighted by molar-refractivity contribution is 5.77. The summed E-state index contributed by atoms with van der Waals surface area (Å²) in [5, 5.41) is 9.28. The Morgan fingerprint density at radius 2 is 1.95 bits per heavy atom. The van der Waals surface area contributed by atoms with E-state index in [0.717, 1.165) is 31.5 Å². The van der Waals surface area contributed by atoms with Crippen LogP contribution in [0.3, 0.4) is 0 Å². The first-order valence-corrected chi connectivity index (χ1v) is 7.00. The predicted molar refractivity (Wildman–Crippen MR) is 77.5 cm³/mol. The molecule has 20 heavy (non-hydrogen) atoms. The largest absolute Gasteiger partial charge is 0.393 e. The van der Waals surface area contributed by atoms with Gasteiger partial charge < -0.3 is 10.0 Å². The quantitative estimate of drug-likeness (QED) is 0.400. The number of aliphatic hydroxyl groups excluding tert-OH is 1. The van der Waals surface area contributed by atoms with E-state index in [-0.39, 0.29) is 12.0 Å². The topological polar surface area (TPSA) is 78.6 Å². The van der Waals surface area contributed by atoms with E-state index in [1.807, 2.05) is 24.3 Å². The smallest absolute Gasteiger partial charge is 0.238 e. The monoisotopic (exact) mass is 277 g/mol. The molecule has 1 aromatic rings. The summed E-state index contributed by atoms with van der Waals surface area (Å²) >= 11 is 0. The van der Waals surface area contributed by atoms with Gasteiger partial charge in [-0.3, -0.25) is 10.2 Å². The second-order valence-electron chi connectivity index (χ2n) is 5.75. The molecule has 1 fully saturated rings. The molecule has 0 saturated heterocycles. The number of hydrogen-bond acceptors (Lipinski definition) is 4. The number of benzene rings is 1. The van der Waals surface area contributed by atoms with Crippen molar-refractivity contribution in [3.05, 3.63) is 35.4 Å². The minimum Gasteiger partial charge on any atom is -0.393 e. The second-order valence-corrected chi connectivity index (χ2v) is 5.75. The Hall–Kier alpha value is -1.43. The van der Waals surface area contributed by atoms with Gasteiger partial charge in [-0.2, -0.15) is 0 Å². The van der Waals surface area contributed by atoms with Gasteiger partial charge in [0, 0.05) is 13.1 Å². The van der Waals surface area contributed by atoms with E-state index in [4.69, 9.17) is 5.84 Å². The highest BCUT2D eigenvalue weighted by Crippen LogP contribution is 2.27. The van der Waals surface area contributed by atoms with Crippen LogP contribution in [0, 0.1) is 5.92 Å². The zero-order valence-electron chi connectivity index (χ0n) is 11.9. The van der Waals surface area contributed by atoms with Crippen LogP contribution in [0.15, 0.2) is 24.3 Å². The summed E-state index contributed by atoms with van der Waals surface area (Å²) in [6, 6.07) is 8.02. The lowest BCUT2D eigenvalue weighted by Crippen LogP contribution is -2.36. The number of nitrogens with one attached hydrogen (secondary N) is 1. The Labute approximate surface area is 119 Å². The van der Waals surface area contributed by atoms with Crippen LogP contribution in [0.25, 0.3) is 0 Å². The molecule has 5 heteroatoms. The van der Waals surface area contributed by atoms with E-state index < -0.39 is 0 Å². The summed E-state index contributed by atoms with van der Waals surface area (Å²) in [4.78, 5) is 13.4. The third-order valence-corrected chi connectivity index (χ3v) is 3.78. The van der Waals surface area contributed by atoms with Crippen LogP contribution in [0.1, 0.15) is 24.0 Å². The Bertz CT molecular complexity index is 441. The highest BCUT2D eigenvalue weighted by Gasteiger charge is 2.27. The van der Waals surface area contributed by atoms with Crippen molar-refractivity contribution in [1.29, 1.82) is 0 Å². The van der Waals surface area contributed by atoms with Crippen LogP contribution in [-0.2, 0) is 17.8 Å². The van der Waals surface area contributed by atoms with Gasteiger partial charge in [0.2, 0.25) is 5.91 Å². The van der Waals surface area contributed by atoms with Gasteiger partial charge in [0.1, 0.15) is 0 Å². The number of rotatable bonds is 6. The normalized spacial score (nSPS) is 21.6. The van der Waals surface area contributed by atoms with Crippen molar-refractivity contribution in [2.75, 3.05) is 13.6 Å². The SMILES string of the molecule is CN(Cc1ccc(CC(=O)NN)cc1)CC1CC(O)C1. The minimum atomic E-state index is -0.182. The minimum absolute atomic E-state index is 0.0821. The molecule has 0 aromatic heterocycles. The van der Waals surface area contributed by atoms with Crippen LogP contribution >= 0.6 is 0 Å². The summed E-state index contributed by atoms with van der Waals surface area (Å²) in [5.41, 5.74) is 4.32. The first-order chi connectivity index (χ1) is 9.56. The van der Waals surface area contributed by atoms with Crippen LogP contribution in [-0.4, -0.2) is 35.6 Å². The molecule has 0 spiro atoms. The molecular weight excluding hydrogens is 254 g/mol. The van der Waals surface area contributed by atoms with Crippen molar-refractivity contribution in [2.24, 2.45) is 11.8 Å². The molecular formula is C15H23N3O2. The third kappa shape index (κ3) is 4.30. The number of hydrazine groups is 1. The van der Waals surface area contributed by atoms with E-state index in [1.54, 1.807) is 0 Å². The third-order valence-electron chi connectivity index (χ3n) is 3.78. The van der Waals surface area contributed by atoms with Gasteiger partial charge in [-0.05, 0) is 36.9 Å². The fraction of sp³-hybridized carbons (Fsp3) is 0.533. The van der Waals surface area contributed by atoms with Crippen LogP contribution in [0.5, 0.6) is 0 Å². The van der Waals surface area contributed by atoms with Crippen LogP contribution < -0.4 is 11.3 Å². The maximum absolute atomic E-state index is 11.2. The maximum Gasteiger partial charge on any atom is 0.238 e. The van der Waals surface area contributed by atoms with Gasteiger partial charge in [0.25, 0.3) is 0 Å². The molecule has 4 N–H and O–H groups in total.